The fourth-order valence-corrected chi connectivity index (χ4v) is 2.37. The number of imidazole rings is 1. The number of H-pyrrole nitrogens is 1. The summed E-state index contributed by atoms with van der Waals surface area (Å²) in [7, 11) is 0. The second-order valence-corrected chi connectivity index (χ2v) is 5.65. The van der Waals surface area contributed by atoms with E-state index in [1.807, 2.05) is 68.4 Å². The van der Waals surface area contributed by atoms with Crippen LogP contribution in [-0.2, 0) is 4.79 Å². The number of aromatic amines is 1. The lowest BCUT2D eigenvalue weighted by Gasteiger charge is -2.18. The van der Waals surface area contributed by atoms with E-state index in [2.05, 4.69) is 15.3 Å². The Kier molecular flexibility index (Phi) is 3.92. The van der Waals surface area contributed by atoms with E-state index >= 15 is 0 Å². The molecule has 2 aromatic carbocycles. The standard InChI is InChI=1S/C18H19N3O/c1-12(2)18(22)21-16(13-8-4-3-5-9-13)17-19-14-10-6-7-11-15(14)20-17/h3-12,16H,1-2H3,(H,19,20)(H,21,22)/t16-/m1/s1. The van der Waals surface area contributed by atoms with Gasteiger partial charge in [0.2, 0.25) is 5.91 Å². The topological polar surface area (TPSA) is 57.8 Å². The first-order valence-corrected chi connectivity index (χ1v) is 7.45. The molecule has 3 aromatic rings. The Bertz CT molecular complexity index is 744. The zero-order valence-electron chi connectivity index (χ0n) is 12.7. The van der Waals surface area contributed by atoms with Crippen molar-refractivity contribution in [2.24, 2.45) is 5.92 Å². The molecule has 1 atom stereocenters. The van der Waals surface area contributed by atoms with E-state index < -0.39 is 0 Å². The number of benzene rings is 2. The molecule has 4 heteroatoms. The molecular weight excluding hydrogens is 274 g/mol. The molecule has 0 aliphatic carbocycles. The van der Waals surface area contributed by atoms with Crippen LogP contribution < -0.4 is 5.32 Å². The van der Waals surface area contributed by atoms with E-state index in [9.17, 15) is 4.79 Å². The number of carbonyl (C=O) groups excluding carboxylic acids is 1. The summed E-state index contributed by atoms with van der Waals surface area (Å²) in [6, 6.07) is 17.5. The number of aromatic nitrogens is 2. The number of rotatable bonds is 4. The summed E-state index contributed by atoms with van der Waals surface area (Å²) in [5.41, 5.74) is 2.88. The average molecular weight is 293 g/mol. The maximum absolute atomic E-state index is 12.2. The lowest BCUT2D eigenvalue weighted by Crippen LogP contribution is -2.33. The minimum atomic E-state index is -0.275. The van der Waals surface area contributed by atoms with Crippen molar-refractivity contribution in [3.63, 3.8) is 0 Å². The molecule has 112 valence electrons. The first kappa shape index (κ1) is 14.3. The second kappa shape index (κ2) is 6.02. The Balaban J connectivity index is 2.02. The van der Waals surface area contributed by atoms with Crippen LogP contribution in [0.2, 0.25) is 0 Å². The van der Waals surface area contributed by atoms with Gasteiger partial charge in [-0.3, -0.25) is 4.79 Å². The predicted octanol–water partition coefficient (Wildman–Crippen LogP) is 3.42. The summed E-state index contributed by atoms with van der Waals surface area (Å²) in [5, 5.41) is 3.08. The van der Waals surface area contributed by atoms with E-state index in [1.165, 1.54) is 0 Å². The van der Waals surface area contributed by atoms with Crippen LogP contribution in [0.4, 0.5) is 0 Å². The molecule has 22 heavy (non-hydrogen) atoms. The second-order valence-electron chi connectivity index (χ2n) is 5.65. The van der Waals surface area contributed by atoms with Crippen molar-refractivity contribution in [3.05, 3.63) is 66.0 Å². The van der Waals surface area contributed by atoms with Gasteiger partial charge in [-0.15, -0.1) is 0 Å². The third-order valence-corrected chi connectivity index (χ3v) is 3.63. The molecule has 4 nitrogen and oxygen atoms in total. The van der Waals surface area contributed by atoms with Gasteiger partial charge in [0.15, 0.2) is 0 Å². The number of amides is 1. The van der Waals surface area contributed by atoms with Gasteiger partial charge in [-0.05, 0) is 17.7 Å². The zero-order valence-corrected chi connectivity index (χ0v) is 12.7. The first-order valence-electron chi connectivity index (χ1n) is 7.45. The van der Waals surface area contributed by atoms with E-state index in [0.717, 1.165) is 22.4 Å². The smallest absolute Gasteiger partial charge is 0.223 e. The van der Waals surface area contributed by atoms with Gasteiger partial charge in [-0.25, -0.2) is 4.98 Å². The monoisotopic (exact) mass is 293 g/mol. The molecule has 0 aliphatic rings. The molecule has 0 saturated carbocycles. The Labute approximate surface area is 129 Å². The van der Waals surface area contributed by atoms with Crippen LogP contribution in [0.15, 0.2) is 54.6 Å². The SMILES string of the molecule is CC(C)C(=O)N[C@H](c1ccccc1)c1nc2ccccc2[nH]1. The van der Waals surface area contributed by atoms with Crippen molar-refractivity contribution in [2.75, 3.05) is 0 Å². The van der Waals surface area contributed by atoms with Gasteiger partial charge in [-0.1, -0.05) is 56.3 Å². The fraction of sp³-hybridized carbons (Fsp3) is 0.222. The third-order valence-electron chi connectivity index (χ3n) is 3.63. The van der Waals surface area contributed by atoms with Crippen molar-refractivity contribution in [2.45, 2.75) is 19.9 Å². The van der Waals surface area contributed by atoms with Crippen LogP contribution in [0.5, 0.6) is 0 Å². The molecule has 0 fully saturated rings. The highest BCUT2D eigenvalue weighted by atomic mass is 16.1. The molecule has 0 spiro atoms. The molecule has 1 aromatic heterocycles. The van der Waals surface area contributed by atoms with Gasteiger partial charge >= 0.3 is 0 Å². The van der Waals surface area contributed by atoms with E-state index in [-0.39, 0.29) is 17.9 Å². The lowest BCUT2D eigenvalue weighted by molar-refractivity contribution is -0.124. The summed E-state index contributed by atoms with van der Waals surface area (Å²) in [6.45, 7) is 3.77. The highest BCUT2D eigenvalue weighted by Crippen LogP contribution is 2.22. The quantitative estimate of drug-likeness (QED) is 0.774. The van der Waals surface area contributed by atoms with E-state index in [1.54, 1.807) is 0 Å². The molecule has 0 aliphatic heterocycles. The molecule has 0 radical (unpaired) electrons. The molecule has 0 bridgehead atoms. The molecule has 0 unspecified atom stereocenters. The summed E-state index contributed by atoms with van der Waals surface area (Å²) in [5.74, 6) is 0.686. The number of para-hydroxylation sites is 2. The largest absolute Gasteiger partial charge is 0.342 e. The maximum atomic E-state index is 12.2. The number of nitrogens with zero attached hydrogens (tertiary/aromatic N) is 1. The summed E-state index contributed by atoms with van der Waals surface area (Å²) < 4.78 is 0. The van der Waals surface area contributed by atoms with Gasteiger partial charge in [-0.2, -0.15) is 0 Å². The maximum Gasteiger partial charge on any atom is 0.223 e. The molecule has 2 N–H and O–H groups in total. The third kappa shape index (κ3) is 2.86. The number of fused-ring (bicyclic) bond motifs is 1. The molecule has 1 amide bonds. The van der Waals surface area contributed by atoms with Gasteiger partial charge in [0.1, 0.15) is 11.9 Å². The molecule has 1 heterocycles. The number of nitrogens with one attached hydrogen (secondary N) is 2. The van der Waals surface area contributed by atoms with Crippen molar-refractivity contribution < 1.29 is 4.79 Å². The van der Waals surface area contributed by atoms with Crippen molar-refractivity contribution in [1.29, 1.82) is 0 Å². The van der Waals surface area contributed by atoms with E-state index in [4.69, 9.17) is 0 Å². The number of hydrogen-bond acceptors (Lipinski definition) is 2. The fourth-order valence-electron chi connectivity index (χ4n) is 2.37. The van der Waals surface area contributed by atoms with Crippen LogP contribution in [-0.4, -0.2) is 15.9 Å². The summed E-state index contributed by atoms with van der Waals surface area (Å²) >= 11 is 0. The first-order chi connectivity index (χ1) is 10.6. The van der Waals surface area contributed by atoms with Gasteiger partial charge in [0, 0.05) is 5.92 Å². The summed E-state index contributed by atoms with van der Waals surface area (Å²) in [6.07, 6.45) is 0. The molecule has 3 rings (SSSR count). The van der Waals surface area contributed by atoms with Gasteiger partial charge in [0.05, 0.1) is 11.0 Å². The Morgan fingerprint density at radius 3 is 2.41 bits per heavy atom. The van der Waals surface area contributed by atoms with Gasteiger partial charge < -0.3 is 10.3 Å². The Morgan fingerprint density at radius 1 is 1.05 bits per heavy atom. The van der Waals surface area contributed by atoms with Crippen LogP contribution in [0, 0.1) is 5.92 Å². The Morgan fingerprint density at radius 2 is 1.73 bits per heavy atom. The molecular formula is C18H19N3O. The van der Waals surface area contributed by atoms with Crippen LogP contribution >= 0.6 is 0 Å². The average Bonchev–Trinajstić information content (AvgIpc) is 2.96. The van der Waals surface area contributed by atoms with Crippen LogP contribution in [0.25, 0.3) is 11.0 Å². The summed E-state index contributed by atoms with van der Waals surface area (Å²) in [4.78, 5) is 20.1. The minimum Gasteiger partial charge on any atom is -0.342 e. The highest BCUT2D eigenvalue weighted by Gasteiger charge is 2.21. The number of carbonyl (C=O) groups is 1. The van der Waals surface area contributed by atoms with Crippen molar-refractivity contribution in [1.82, 2.24) is 15.3 Å². The minimum absolute atomic E-state index is 0.00862. The Hall–Kier alpha value is -2.62. The van der Waals surface area contributed by atoms with Crippen LogP contribution in [0.1, 0.15) is 31.3 Å². The zero-order chi connectivity index (χ0) is 15.5. The normalized spacial score (nSPS) is 12.5. The van der Waals surface area contributed by atoms with Crippen molar-refractivity contribution >= 4 is 16.9 Å². The number of hydrogen-bond donors (Lipinski definition) is 2. The highest BCUT2D eigenvalue weighted by molar-refractivity contribution is 5.79. The van der Waals surface area contributed by atoms with Gasteiger partial charge in [0.25, 0.3) is 0 Å². The van der Waals surface area contributed by atoms with E-state index in [0.29, 0.717) is 0 Å². The predicted molar refractivity (Wildman–Crippen MR) is 87.4 cm³/mol. The lowest BCUT2D eigenvalue weighted by atomic mass is 10.1. The molecule has 0 saturated heterocycles. The van der Waals surface area contributed by atoms with Crippen LogP contribution in [0.3, 0.4) is 0 Å². The van der Waals surface area contributed by atoms with Crippen molar-refractivity contribution in [3.8, 4) is 0 Å².